The van der Waals surface area contributed by atoms with Gasteiger partial charge in [0.1, 0.15) is 0 Å². The lowest BCUT2D eigenvalue weighted by molar-refractivity contribution is 0.0342. The first-order chi connectivity index (χ1) is 12.7. The van der Waals surface area contributed by atoms with Crippen molar-refractivity contribution < 1.29 is 9.53 Å². The molecule has 2 aromatic rings. The monoisotopic (exact) mass is 372 g/mol. The first-order valence-corrected chi connectivity index (χ1v) is 10.3. The van der Waals surface area contributed by atoms with E-state index in [9.17, 15) is 4.79 Å². The summed E-state index contributed by atoms with van der Waals surface area (Å²) in [5, 5.41) is 3.14. The highest BCUT2D eigenvalue weighted by atomic mass is 32.1. The number of hydrogen-bond acceptors (Lipinski definition) is 4. The first kappa shape index (κ1) is 19.1. The van der Waals surface area contributed by atoms with Crippen molar-refractivity contribution in [1.82, 2.24) is 4.90 Å². The van der Waals surface area contributed by atoms with E-state index in [2.05, 4.69) is 36.2 Å². The largest absolute Gasteiger partial charge is 0.379 e. The van der Waals surface area contributed by atoms with Crippen LogP contribution in [0.2, 0.25) is 0 Å². The lowest BCUT2D eigenvalue weighted by atomic mass is 10.1. The van der Waals surface area contributed by atoms with Crippen LogP contribution in [0.1, 0.15) is 45.9 Å². The fourth-order valence-corrected chi connectivity index (χ4v) is 4.53. The minimum atomic E-state index is 0.00137. The SMILES string of the molecule is CCCc1sc(C(=O)Nc2ccccc2CN2CCOCC2)cc1CC. The van der Waals surface area contributed by atoms with E-state index in [4.69, 9.17) is 4.74 Å². The molecule has 1 aliphatic rings. The molecule has 2 heterocycles. The average Bonchev–Trinajstić information content (AvgIpc) is 3.08. The highest BCUT2D eigenvalue weighted by Gasteiger charge is 2.16. The van der Waals surface area contributed by atoms with Gasteiger partial charge in [0, 0.05) is 30.2 Å². The van der Waals surface area contributed by atoms with Crippen molar-refractivity contribution in [1.29, 1.82) is 0 Å². The predicted molar refractivity (Wildman–Crippen MR) is 108 cm³/mol. The molecule has 1 amide bonds. The van der Waals surface area contributed by atoms with E-state index in [-0.39, 0.29) is 5.91 Å². The number of rotatable bonds is 7. The van der Waals surface area contributed by atoms with Crippen molar-refractivity contribution in [2.24, 2.45) is 0 Å². The summed E-state index contributed by atoms with van der Waals surface area (Å²) in [6.45, 7) is 8.61. The Kier molecular flexibility index (Phi) is 6.83. The second kappa shape index (κ2) is 9.31. The second-order valence-corrected chi connectivity index (χ2v) is 7.80. The van der Waals surface area contributed by atoms with Crippen molar-refractivity contribution in [3.8, 4) is 0 Å². The Balaban J connectivity index is 1.73. The molecule has 0 spiro atoms. The summed E-state index contributed by atoms with van der Waals surface area (Å²) in [4.78, 5) is 17.3. The van der Waals surface area contributed by atoms with Crippen LogP contribution in [0.15, 0.2) is 30.3 Å². The van der Waals surface area contributed by atoms with Crippen LogP contribution in [0.25, 0.3) is 0 Å². The number of thiophene rings is 1. The molecule has 1 aliphatic heterocycles. The van der Waals surface area contributed by atoms with Gasteiger partial charge >= 0.3 is 0 Å². The molecule has 0 radical (unpaired) electrons. The topological polar surface area (TPSA) is 41.6 Å². The van der Waals surface area contributed by atoms with Gasteiger partial charge < -0.3 is 10.1 Å². The van der Waals surface area contributed by atoms with E-state index < -0.39 is 0 Å². The highest BCUT2D eigenvalue weighted by Crippen LogP contribution is 2.26. The summed E-state index contributed by atoms with van der Waals surface area (Å²) in [6.07, 6.45) is 3.14. The number of morpholine rings is 1. The quantitative estimate of drug-likeness (QED) is 0.786. The van der Waals surface area contributed by atoms with Gasteiger partial charge in [-0.15, -0.1) is 11.3 Å². The van der Waals surface area contributed by atoms with Gasteiger partial charge in [-0.2, -0.15) is 0 Å². The van der Waals surface area contributed by atoms with Crippen LogP contribution >= 0.6 is 11.3 Å². The lowest BCUT2D eigenvalue weighted by Gasteiger charge is -2.27. The zero-order chi connectivity index (χ0) is 18.4. The van der Waals surface area contributed by atoms with E-state index in [1.807, 2.05) is 18.2 Å². The Labute approximate surface area is 160 Å². The van der Waals surface area contributed by atoms with E-state index in [1.54, 1.807) is 11.3 Å². The van der Waals surface area contributed by atoms with Crippen molar-refractivity contribution >= 4 is 22.9 Å². The van der Waals surface area contributed by atoms with Crippen LogP contribution in [-0.2, 0) is 24.1 Å². The standard InChI is InChI=1S/C21H28N2O2S/c1-3-7-19-16(4-2)14-20(26-19)21(24)22-18-9-6-5-8-17(18)15-23-10-12-25-13-11-23/h5-6,8-9,14H,3-4,7,10-13,15H2,1-2H3,(H,22,24). The number of ether oxygens (including phenoxy) is 1. The zero-order valence-corrected chi connectivity index (χ0v) is 16.5. The van der Waals surface area contributed by atoms with Gasteiger partial charge in [-0.05, 0) is 36.1 Å². The Morgan fingerprint density at radius 3 is 2.69 bits per heavy atom. The number of anilines is 1. The third kappa shape index (κ3) is 4.72. The van der Waals surface area contributed by atoms with Crippen molar-refractivity contribution in [2.45, 2.75) is 39.7 Å². The highest BCUT2D eigenvalue weighted by molar-refractivity contribution is 7.14. The van der Waals surface area contributed by atoms with Crippen molar-refractivity contribution in [3.63, 3.8) is 0 Å². The van der Waals surface area contributed by atoms with Gasteiger partial charge in [0.2, 0.25) is 0 Å². The third-order valence-electron chi connectivity index (χ3n) is 4.74. The number of carbonyl (C=O) groups is 1. The number of aryl methyl sites for hydroxylation is 2. The van der Waals surface area contributed by atoms with Crippen molar-refractivity contribution in [3.05, 3.63) is 51.2 Å². The summed E-state index contributed by atoms with van der Waals surface area (Å²) >= 11 is 1.64. The molecule has 4 nitrogen and oxygen atoms in total. The van der Waals surface area contributed by atoms with Gasteiger partial charge in [-0.1, -0.05) is 38.5 Å². The maximum absolute atomic E-state index is 12.8. The van der Waals surface area contributed by atoms with E-state index in [0.717, 1.165) is 68.2 Å². The van der Waals surface area contributed by atoms with Crippen LogP contribution in [0.4, 0.5) is 5.69 Å². The zero-order valence-electron chi connectivity index (χ0n) is 15.7. The van der Waals surface area contributed by atoms with Gasteiger partial charge in [0.15, 0.2) is 0 Å². The van der Waals surface area contributed by atoms with Crippen LogP contribution in [0.3, 0.4) is 0 Å². The molecular formula is C21H28N2O2S. The number of amides is 1. The minimum Gasteiger partial charge on any atom is -0.379 e. The number of nitrogens with one attached hydrogen (secondary N) is 1. The first-order valence-electron chi connectivity index (χ1n) is 9.52. The normalized spacial score (nSPS) is 15.2. The van der Waals surface area contributed by atoms with Gasteiger partial charge in [-0.3, -0.25) is 9.69 Å². The Hall–Kier alpha value is -1.69. The molecule has 0 saturated carbocycles. The van der Waals surface area contributed by atoms with Gasteiger partial charge in [0.05, 0.1) is 18.1 Å². The maximum atomic E-state index is 12.8. The van der Waals surface area contributed by atoms with E-state index in [1.165, 1.54) is 10.4 Å². The summed E-state index contributed by atoms with van der Waals surface area (Å²) in [6, 6.07) is 10.2. The average molecular weight is 373 g/mol. The second-order valence-electron chi connectivity index (χ2n) is 6.66. The fourth-order valence-electron chi connectivity index (χ4n) is 3.28. The molecular weight excluding hydrogens is 344 g/mol. The molecule has 1 saturated heterocycles. The summed E-state index contributed by atoms with van der Waals surface area (Å²) < 4.78 is 5.42. The van der Waals surface area contributed by atoms with Crippen LogP contribution in [0, 0.1) is 0 Å². The number of carbonyl (C=O) groups excluding carboxylic acids is 1. The molecule has 1 aromatic heterocycles. The fraction of sp³-hybridized carbons (Fsp3) is 0.476. The Bertz CT molecular complexity index is 735. The van der Waals surface area contributed by atoms with Crippen LogP contribution in [-0.4, -0.2) is 37.1 Å². The minimum absolute atomic E-state index is 0.00137. The molecule has 140 valence electrons. The van der Waals surface area contributed by atoms with Crippen LogP contribution < -0.4 is 5.32 Å². The lowest BCUT2D eigenvalue weighted by Crippen LogP contribution is -2.35. The molecule has 3 rings (SSSR count). The molecule has 26 heavy (non-hydrogen) atoms. The smallest absolute Gasteiger partial charge is 0.265 e. The Morgan fingerprint density at radius 2 is 1.96 bits per heavy atom. The molecule has 1 N–H and O–H groups in total. The summed E-state index contributed by atoms with van der Waals surface area (Å²) in [7, 11) is 0. The third-order valence-corrected chi connectivity index (χ3v) is 5.98. The number of nitrogens with zero attached hydrogens (tertiary/aromatic N) is 1. The molecule has 0 aliphatic carbocycles. The number of hydrogen-bond donors (Lipinski definition) is 1. The summed E-state index contributed by atoms with van der Waals surface area (Å²) in [5.74, 6) is 0.00137. The molecule has 0 unspecified atom stereocenters. The maximum Gasteiger partial charge on any atom is 0.265 e. The molecule has 0 bridgehead atoms. The molecule has 1 aromatic carbocycles. The number of benzene rings is 1. The predicted octanol–water partition coefficient (Wildman–Crippen LogP) is 4.35. The molecule has 5 heteroatoms. The molecule has 1 fully saturated rings. The van der Waals surface area contributed by atoms with Gasteiger partial charge in [0.25, 0.3) is 5.91 Å². The Morgan fingerprint density at radius 1 is 1.19 bits per heavy atom. The number of para-hydroxylation sites is 1. The van der Waals surface area contributed by atoms with Crippen LogP contribution in [0.5, 0.6) is 0 Å². The van der Waals surface area contributed by atoms with E-state index in [0.29, 0.717) is 0 Å². The molecule has 0 atom stereocenters. The van der Waals surface area contributed by atoms with E-state index >= 15 is 0 Å². The van der Waals surface area contributed by atoms with Gasteiger partial charge in [-0.25, -0.2) is 0 Å². The summed E-state index contributed by atoms with van der Waals surface area (Å²) in [5.41, 5.74) is 3.37. The van der Waals surface area contributed by atoms with Crippen molar-refractivity contribution in [2.75, 3.05) is 31.6 Å².